The van der Waals surface area contributed by atoms with E-state index in [1.165, 1.54) is 30.5 Å². The van der Waals surface area contributed by atoms with Crippen LogP contribution in [0.25, 0.3) is 11.3 Å². The van der Waals surface area contributed by atoms with Crippen molar-refractivity contribution in [3.63, 3.8) is 0 Å². The van der Waals surface area contributed by atoms with Gasteiger partial charge >= 0.3 is 5.97 Å². The van der Waals surface area contributed by atoms with Gasteiger partial charge in [0, 0.05) is 6.54 Å². The number of ether oxygens (including phenoxy) is 1. The highest BCUT2D eigenvalue weighted by Gasteiger charge is 2.26. The van der Waals surface area contributed by atoms with Crippen LogP contribution >= 0.6 is 22.6 Å². The molecule has 0 N–H and O–H groups in total. The highest BCUT2D eigenvalue weighted by Crippen LogP contribution is 2.34. The number of aromatic nitrogens is 1. The molecule has 0 radical (unpaired) electrons. The molecule has 0 unspecified atom stereocenters. The van der Waals surface area contributed by atoms with Crippen LogP contribution in [0.4, 0.5) is 0 Å². The van der Waals surface area contributed by atoms with Gasteiger partial charge in [0.15, 0.2) is 0 Å². The summed E-state index contributed by atoms with van der Waals surface area (Å²) in [6.07, 6.45) is 5.64. The minimum absolute atomic E-state index is 0.201. The molecule has 0 saturated heterocycles. The minimum atomic E-state index is -0.201. The monoisotopic (exact) mass is 453 g/mol. The second-order valence-electron chi connectivity index (χ2n) is 6.15. The van der Waals surface area contributed by atoms with Crippen LogP contribution in [0, 0.1) is 3.70 Å². The molecule has 0 saturated carbocycles. The first-order valence-corrected chi connectivity index (χ1v) is 10.4. The minimum Gasteiger partial charge on any atom is -0.462 e. The molecule has 136 valence electrons. The van der Waals surface area contributed by atoms with Gasteiger partial charge in [-0.15, -0.1) is 0 Å². The third-order valence-electron chi connectivity index (χ3n) is 4.42. The molecule has 0 aliphatic heterocycles. The van der Waals surface area contributed by atoms with Gasteiger partial charge in [0.25, 0.3) is 0 Å². The van der Waals surface area contributed by atoms with Crippen LogP contribution in [0.5, 0.6) is 0 Å². The van der Waals surface area contributed by atoms with E-state index < -0.39 is 0 Å². The maximum atomic E-state index is 12.6. The molecule has 0 spiro atoms. The number of hydrogen-bond acceptors (Lipinski definition) is 2. The Hall–Kier alpha value is -1.30. The SMILES string of the molecule is CCCCCCn1c(I)c(C(=O)OCC)c(CC)c1-c1ccccc1. The summed E-state index contributed by atoms with van der Waals surface area (Å²) in [7, 11) is 0. The van der Waals surface area contributed by atoms with E-state index in [1.807, 2.05) is 13.0 Å². The standard InChI is InChI=1S/C21H28INO2/c1-4-7-8-12-15-23-19(16-13-10-9-11-14-16)17(5-2)18(20(23)22)21(24)25-6-3/h9-11,13-14H,4-8,12,15H2,1-3H3. The Morgan fingerprint density at radius 3 is 2.40 bits per heavy atom. The number of nitrogens with zero attached hydrogens (tertiary/aromatic N) is 1. The molecule has 0 fully saturated rings. The predicted molar refractivity (Wildman–Crippen MR) is 112 cm³/mol. The number of benzene rings is 1. The summed E-state index contributed by atoms with van der Waals surface area (Å²) in [5, 5.41) is 0. The zero-order valence-electron chi connectivity index (χ0n) is 15.5. The normalized spacial score (nSPS) is 10.9. The molecule has 4 heteroatoms. The zero-order valence-corrected chi connectivity index (χ0v) is 17.6. The second-order valence-corrected chi connectivity index (χ2v) is 7.17. The first-order chi connectivity index (χ1) is 12.2. The van der Waals surface area contributed by atoms with Crippen molar-refractivity contribution in [2.75, 3.05) is 6.61 Å². The van der Waals surface area contributed by atoms with Gasteiger partial charge in [-0.3, -0.25) is 0 Å². The van der Waals surface area contributed by atoms with Gasteiger partial charge in [-0.2, -0.15) is 0 Å². The van der Waals surface area contributed by atoms with Crippen LogP contribution in [0.15, 0.2) is 30.3 Å². The number of hydrogen-bond donors (Lipinski definition) is 0. The molecule has 0 bridgehead atoms. The van der Waals surface area contributed by atoms with Crippen molar-refractivity contribution in [1.29, 1.82) is 0 Å². The number of esters is 1. The largest absolute Gasteiger partial charge is 0.462 e. The molecular weight excluding hydrogens is 425 g/mol. The quantitative estimate of drug-likeness (QED) is 0.262. The summed E-state index contributed by atoms with van der Waals surface area (Å²) in [6.45, 7) is 7.54. The molecule has 0 aliphatic rings. The van der Waals surface area contributed by atoms with E-state index in [-0.39, 0.29) is 5.97 Å². The van der Waals surface area contributed by atoms with E-state index in [9.17, 15) is 4.79 Å². The number of halogens is 1. The Kier molecular flexibility index (Phi) is 8.00. The fourth-order valence-corrected chi connectivity index (χ4v) is 4.25. The van der Waals surface area contributed by atoms with Crippen LogP contribution in [0.3, 0.4) is 0 Å². The molecule has 0 atom stereocenters. The Balaban J connectivity index is 2.52. The topological polar surface area (TPSA) is 31.2 Å². The lowest BCUT2D eigenvalue weighted by Crippen LogP contribution is -2.09. The highest BCUT2D eigenvalue weighted by atomic mass is 127. The lowest BCUT2D eigenvalue weighted by atomic mass is 10.0. The van der Waals surface area contributed by atoms with Crippen LogP contribution < -0.4 is 0 Å². The number of carbonyl (C=O) groups excluding carboxylic acids is 1. The summed E-state index contributed by atoms with van der Waals surface area (Å²) in [4.78, 5) is 12.6. The Morgan fingerprint density at radius 2 is 1.80 bits per heavy atom. The van der Waals surface area contributed by atoms with Gasteiger partial charge in [0.2, 0.25) is 0 Å². The van der Waals surface area contributed by atoms with E-state index in [4.69, 9.17) is 4.74 Å². The molecule has 25 heavy (non-hydrogen) atoms. The molecule has 1 aromatic carbocycles. The van der Waals surface area contributed by atoms with Gasteiger partial charge in [0.05, 0.1) is 21.6 Å². The molecular formula is C21H28INO2. The molecule has 1 heterocycles. The Labute approximate surface area is 164 Å². The van der Waals surface area contributed by atoms with Crippen molar-refractivity contribution in [3.8, 4) is 11.3 Å². The first kappa shape index (κ1) is 20.0. The second kappa shape index (κ2) is 10.00. The number of rotatable bonds is 9. The maximum Gasteiger partial charge on any atom is 0.341 e. The van der Waals surface area contributed by atoms with Gasteiger partial charge in [-0.05, 0) is 53.5 Å². The van der Waals surface area contributed by atoms with Crippen molar-refractivity contribution in [1.82, 2.24) is 4.57 Å². The van der Waals surface area contributed by atoms with Crippen LogP contribution in [-0.4, -0.2) is 17.1 Å². The average molecular weight is 453 g/mol. The van der Waals surface area contributed by atoms with Gasteiger partial charge in [0.1, 0.15) is 0 Å². The lowest BCUT2D eigenvalue weighted by Gasteiger charge is -2.12. The van der Waals surface area contributed by atoms with Crippen molar-refractivity contribution >= 4 is 28.6 Å². The van der Waals surface area contributed by atoms with Gasteiger partial charge < -0.3 is 9.30 Å². The first-order valence-electron chi connectivity index (χ1n) is 9.28. The van der Waals surface area contributed by atoms with Crippen molar-refractivity contribution in [3.05, 3.63) is 45.2 Å². The molecule has 0 amide bonds. The Morgan fingerprint density at radius 1 is 1.08 bits per heavy atom. The van der Waals surface area contributed by atoms with E-state index in [2.05, 4.69) is 65.3 Å². The summed E-state index contributed by atoms with van der Waals surface area (Å²) in [6, 6.07) is 10.4. The van der Waals surface area contributed by atoms with Crippen LogP contribution in [-0.2, 0) is 17.7 Å². The average Bonchev–Trinajstić information content (AvgIpc) is 2.91. The fourth-order valence-electron chi connectivity index (χ4n) is 3.23. The van der Waals surface area contributed by atoms with Crippen molar-refractivity contribution in [2.45, 2.75) is 59.4 Å². The van der Waals surface area contributed by atoms with E-state index in [0.717, 1.165) is 34.2 Å². The Bertz CT molecular complexity index is 692. The van der Waals surface area contributed by atoms with Crippen molar-refractivity contribution in [2.24, 2.45) is 0 Å². The van der Waals surface area contributed by atoms with Crippen LogP contribution in [0.2, 0.25) is 0 Å². The van der Waals surface area contributed by atoms with Gasteiger partial charge in [-0.25, -0.2) is 4.79 Å². The number of unbranched alkanes of at least 4 members (excludes halogenated alkanes) is 3. The van der Waals surface area contributed by atoms with E-state index >= 15 is 0 Å². The fraction of sp³-hybridized carbons (Fsp3) is 0.476. The molecule has 3 nitrogen and oxygen atoms in total. The third-order valence-corrected chi connectivity index (χ3v) is 5.54. The van der Waals surface area contributed by atoms with E-state index in [0.29, 0.717) is 6.61 Å². The molecule has 2 rings (SSSR count). The summed E-state index contributed by atoms with van der Waals surface area (Å²) in [5.41, 5.74) is 4.19. The summed E-state index contributed by atoms with van der Waals surface area (Å²) in [5.74, 6) is -0.201. The smallest absolute Gasteiger partial charge is 0.341 e. The summed E-state index contributed by atoms with van der Waals surface area (Å²) >= 11 is 2.32. The van der Waals surface area contributed by atoms with E-state index in [1.54, 1.807) is 0 Å². The highest BCUT2D eigenvalue weighted by molar-refractivity contribution is 14.1. The van der Waals surface area contributed by atoms with Gasteiger partial charge in [-0.1, -0.05) is 63.4 Å². The molecule has 2 aromatic rings. The summed E-state index contributed by atoms with van der Waals surface area (Å²) < 4.78 is 8.66. The lowest BCUT2D eigenvalue weighted by molar-refractivity contribution is 0.0524. The maximum absolute atomic E-state index is 12.6. The van der Waals surface area contributed by atoms with Crippen molar-refractivity contribution < 1.29 is 9.53 Å². The molecule has 0 aliphatic carbocycles. The number of carbonyl (C=O) groups is 1. The predicted octanol–water partition coefficient (Wildman–Crippen LogP) is 6.08. The third kappa shape index (κ3) is 4.66. The molecule has 1 aromatic heterocycles. The zero-order chi connectivity index (χ0) is 18.2. The van der Waals surface area contributed by atoms with Crippen LogP contribution in [0.1, 0.15) is 62.4 Å².